The molecule has 2 heterocycles. The van der Waals surface area contributed by atoms with E-state index in [4.69, 9.17) is 0 Å². The molecule has 1 saturated heterocycles. The minimum atomic E-state index is 0.0287. The summed E-state index contributed by atoms with van der Waals surface area (Å²) in [4.78, 5) is 13.8. The number of rotatable bonds is 5. The topological polar surface area (TPSA) is 56.9 Å². The van der Waals surface area contributed by atoms with Crippen molar-refractivity contribution >= 4 is 11.3 Å². The molecule has 0 aliphatic carbocycles. The fourth-order valence-electron chi connectivity index (χ4n) is 2.28. The van der Waals surface area contributed by atoms with E-state index in [1.54, 1.807) is 0 Å². The third-order valence-electron chi connectivity index (χ3n) is 3.36. The largest absolute Gasteiger partial charge is 0.315 e. The minimum absolute atomic E-state index is 0.0287. The lowest BCUT2D eigenvalue weighted by Crippen LogP contribution is -2.47. The fraction of sp³-hybridized carbons (Fsp3) is 0.727. The second kappa shape index (κ2) is 5.12. The van der Waals surface area contributed by atoms with Crippen LogP contribution in [0.5, 0.6) is 0 Å². The summed E-state index contributed by atoms with van der Waals surface area (Å²) in [5.41, 5.74) is 1.26. The number of hydrogen-bond donors (Lipinski definition) is 3. The molecule has 1 fully saturated rings. The summed E-state index contributed by atoms with van der Waals surface area (Å²) in [6.45, 7) is 5.08. The predicted molar refractivity (Wildman–Crippen MR) is 66.9 cm³/mol. The van der Waals surface area contributed by atoms with E-state index in [0.29, 0.717) is 0 Å². The van der Waals surface area contributed by atoms with Gasteiger partial charge in [-0.25, -0.2) is 0 Å². The molecule has 90 valence electrons. The zero-order valence-electron chi connectivity index (χ0n) is 9.64. The van der Waals surface area contributed by atoms with Gasteiger partial charge in [0.1, 0.15) is 0 Å². The molecular weight excluding hydrogens is 222 g/mol. The minimum Gasteiger partial charge on any atom is -0.315 e. The lowest BCUT2D eigenvalue weighted by atomic mass is 9.94. The van der Waals surface area contributed by atoms with E-state index in [9.17, 15) is 4.79 Å². The van der Waals surface area contributed by atoms with Gasteiger partial charge in [0.15, 0.2) is 0 Å². The first-order valence-electron chi connectivity index (χ1n) is 5.86. The molecule has 1 aliphatic heterocycles. The van der Waals surface area contributed by atoms with Crippen LogP contribution in [-0.4, -0.2) is 23.6 Å². The molecule has 16 heavy (non-hydrogen) atoms. The van der Waals surface area contributed by atoms with Crippen molar-refractivity contribution in [1.29, 1.82) is 0 Å². The third kappa shape index (κ3) is 2.72. The van der Waals surface area contributed by atoms with Gasteiger partial charge in [-0.05, 0) is 25.8 Å². The van der Waals surface area contributed by atoms with Gasteiger partial charge >= 0.3 is 4.87 Å². The van der Waals surface area contributed by atoms with Crippen molar-refractivity contribution in [3.05, 3.63) is 20.7 Å². The van der Waals surface area contributed by atoms with Crippen molar-refractivity contribution in [3.63, 3.8) is 0 Å². The van der Waals surface area contributed by atoms with Crippen LogP contribution in [0, 0.1) is 0 Å². The van der Waals surface area contributed by atoms with Gasteiger partial charge in [0, 0.05) is 29.7 Å². The molecule has 0 saturated carbocycles. The molecule has 2 rings (SSSR count). The lowest BCUT2D eigenvalue weighted by molar-refractivity contribution is 0.339. The Labute approximate surface area is 99.5 Å². The predicted octanol–water partition coefficient (Wildman–Crippen LogP) is 1.06. The molecular formula is C11H19N3OS. The second-order valence-corrected chi connectivity index (χ2v) is 5.28. The van der Waals surface area contributed by atoms with Gasteiger partial charge in [0.25, 0.3) is 0 Å². The number of aromatic amines is 1. The van der Waals surface area contributed by atoms with E-state index < -0.39 is 0 Å². The quantitative estimate of drug-likeness (QED) is 0.722. The molecule has 1 aromatic rings. The van der Waals surface area contributed by atoms with E-state index in [2.05, 4.69) is 22.5 Å². The summed E-state index contributed by atoms with van der Waals surface area (Å²) >= 11 is 1.23. The number of H-pyrrole nitrogens is 1. The van der Waals surface area contributed by atoms with Crippen LogP contribution < -0.4 is 15.5 Å². The van der Waals surface area contributed by atoms with Crippen molar-refractivity contribution in [1.82, 2.24) is 15.6 Å². The van der Waals surface area contributed by atoms with Crippen molar-refractivity contribution in [2.24, 2.45) is 0 Å². The summed E-state index contributed by atoms with van der Waals surface area (Å²) in [7, 11) is 0. The molecule has 0 spiro atoms. The van der Waals surface area contributed by atoms with Gasteiger partial charge in [-0.2, -0.15) is 0 Å². The summed E-state index contributed by atoms with van der Waals surface area (Å²) in [5, 5.41) is 8.89. The molecule has 1 atom stereocenters. The number of hydrogen-bond acceptors (Lipinski definition) is 4. The Bertz CT molecular complexity index is 379. The summed E-state index contributed by atoms with van der Waals surface area (Å²) in [6, 6.07) is 0. The van der Waals surface area contributed by atoms with E-state index >= 15 is 0 Å². The van der Waals surface area contributed by atoms with Crippen molar-refractivity contribution < 1.29 is 0 Å². The number of thiazole rings is 1. The van der Waals surface area contributed by atoms with Crippen LogP contribution in [0.2, 0.25) is 0 Å². The Morgan fingerprint density at radius 3 is 3.06 bits per heavy atom. The summed E-state index contributed by atoms with van der Waals surface area (Å²) in [6.07, 6.45) is 3.67. The average molecular weight is 241 g/mol. The molecule has 0 bridgehead atoms. The maximum atomic E-state index is 11.0. The van der Waals surface area contributed by atoms with Crippen LogP contribution in [0.1, 0.15) is 31.9 Å². The molecule has 1 aromatic heterocycles. The fourth-order valence-corrected chi connectivity index (χ4v) is 2.86. The highest BCUT2D eigenvalue weighted by atomic mass is 32.1. The molecule has 0 aromatic carbocycles. The van der Waals surface area contributed by atoms with Crippen LogP contribution >= 0.6 is 11.3 Å². The Balaban J connectivity index is 1.80. The second-order valence-electron chi connectivity index (χ2n) is 4.44. The summed E-state index contributed by atoms with van der Waals surface area (Å²) in [5.74, 6) is 0. The highest BCUT2D eigenvalue weighted by Crippen LogP contribution is 2.21. The maximum absolute atomic E-state index is 11.0. The van der Waals surface area contributed by atoms with Gasteiger partial charge < -0.3 is 15.6 Å². The molecule has 5 heteroatoms. The Morgan fingerprint density at radius 2 is 2.50 bits per heavy atom. The van der Waals surface area contributed by atoms with Gasteiger partial charge in [-0.1, -0.05) is 18.3 Å². The van der Waals surface area contributed by atoms with E-state index in [0.717, 1.165) is 31.7 Å². The number of nitrogens with one attached hydrogen (secondary N) is 3. The highest BCUT2D eigenvalue weighted by molar-refractivity contribution is 7.07. The first kappa shape index (κ1) is 11.8. The van der Waals surface area contributed by atoms with E-state index in [1.165, 1.54) is 24.2 Å². The van der Waals surface area contributed by atoms with Crippen molar-refractivity contribution in [2.45, 2.75) is 38.3 Å². The van der Waals surface area contributed by atoms with Gasteiger partial charge in [-0.3, -0.25) is 4.79 Å². The van der Waals surface area contributed by atoms with Crippen LogP contribution in [0.3, 0.4) is 0 Å². The zero-order valence-corrected chi connectivity index (χ0v) is 10.5. The number of aromatic nitrogens is 1. The van der Waals surface area contributed by atoms with E-state index in [-0.39, 0.29) is 10.4 Å². The molecule has 1 aliphatic rings. The first-order valence-corrected chi connectivity index (χ1v) is 6.74. The SMILES string of the molecule is CCC1(CNCc2csc(=O)[nH]2)CCCN1. The molecule has 1 unspecified atom stereocenters. The average Bonchev–Trinajstić information content (AvgIpc) is 2.89. The molecule has 3 N–H and O–H groups in total. The smallest absolute Gasteiger partial charge is 0.304 e. The zero-order chi connectivity index (χ0) is 11.4. The van der Waals surface area contributed by atoms with Gasteiger partial charge in [0.05, 0.1) is 0 Å². The first-order chi connectivity index (χ1) is 7.74. The Morgan fingerprint density at radius 1 is 1.62 bits per heavy atom. The Kier molecular flexibility index (Phi) is 3.78. The van der Waals surface area contributed by atoms with Crippen molar-refractivity contribution in [3.8, 4) is 0 Å². The van der Waals surface area contributed by atoms with Crippen LogP contribution in [0.15, 0.2) is 10.2 Å². The summed E-state index contributed by atoms with van der Waals surface area (Å²) < 4.78 is 0. The van der Waals surface area contributed by atoms with Crippen LogP contribution in [0.4, 0.5) is 0 Å². The standard InChI is InChI=1S/C11H19N3OS/c1-2-11(4-3-5-13-11)8-12-6-9-7-16-10(15)14-9/h7,12-13H,2-6,8H2,1H3,(H,14,15). The third-order valence-corrected chi connectivity index (χ3v) is 4.08. The molecule has 4 nitrogen and oxygen atoms in total. The maximum Gasteiger partial charge on any atom is 0.304 e. The van der Waals surface area contributed by atoms with Crippen LogP contribution in [0.25, 0.3) is 0 Å². The normalized spacial score (nSPS) is 25.1. The van der Waals surface area contributed by atoms with Gasteiger partial charge in [-0.15, -0.1) is 0 Å². The van der Waals surface area contributed by atoms with Gasteiger partial charge in [0.2, 0.25) is 0 Å². The lowest BCUT2D eigenvalue weighted by Gasteiger charge is -2.28. The Hall–Kier alpha value is -0.650. The molecule has 0 amide bonds. The van der Waals surface area contributed by atoms with Crippen LogP contribution in [-0.2, 0) is 6.54 Å². The molecule has 0 radical (unpaired) electrons. The van der Waals surface area contributed by atoms with Crippen molar-refractivity contribution in [2.75, 3.05) is 13.1 Å². The monoisotopic (exact) mass is 241 g/mol. The van der Waals surface area contributed by atoms with E-state index in [1.807, 2.05) is 5.38 Å². The highest BCUT2D eigenvalue weighted by Gasteiger charge is 2.30.